The van der Waals surface area contributed by atoms with E-state index in [2.05, 4.69) is 15.9 Å². The lowest BCUT2D eigenvalue weighted by atomic mass is 10.1. The molecule has 1 aromatic carbocycles. The van der Waals surface area contributed by atoms with Gasteiger partial charge in [0, 0.05) is 9.50 Å². The van der Waals surface area contributed by atoms with E-state index in [0.717, 1.165) is 4.47 Å². The summed E-state index contributed by atoms with van der Waals surface area (Å²) in [6, 6.07) is 5.21. The molecule has 1 nitrogen and oxygen atoms in total. The Morgan fingerprint density at radius 1 is 1.46 bits per heavy atom. The first-order chi connectivity index (χ1) is 6.00. The second-order valence-electron chi connectivity index (χ2n) is 2.68. The van der Waals surface area contributed by atoms with Gasteiger partial charge in [0.2, 0.25) is 0 Å². The summed E-state index contributed by atoms with van der Waals surface area (Å²) in [5.41, 5.74) is 0.716. The molecule has 0 amide bonds. The van der Waals surface area contributed by atoms with Crippen LogP contribution in [-0.4, -0.2) is 5.78 Å². The third-order valence-electron chi connectivity index (χ3n) is 1.53. The Balaban J connectivity index is 3.07. The van der Waals surface area contributed by atoms with Crippen molar-refractivity contribution in [1.82, 2.24) is 0 Å². The number of benzene rings is 1. The number of alkyl halides is 1. The van der Waals surface area contributed by atoms with Gasteiger partial charge in [0.1, 0.15) is 5.38 Å². The number of ketones is 1. The standard InChI is InChI=1S/C9H7BrCl2O/c1-5(13)9(12)6-2-7(10)4-8(11)3-6/h2-4,9H,1H3. The molecule has 1 unspecified atom stereocenters. The second kappa shape index (κ2) is 4.45. The van der Waals surface area contributed by atoms with E-state index in [1.54, 1.807) is 18.2 Å². The van der Waals surface area contributed by atoms with Gasteiger partial charge in [-0.05, 0) is 30.7 Å². The van der Waals surface area contributed by atoms with Crippen LogP contribution in [0, 0.1) is 0 Å². The second-order valence-corrected chi connectivity index (χ2v) is 4.46. The Morgan fingerprint density at radius 2 is 2.08 bits per heavy atom. The lowest BCUT2D eigenvalue weighted by Crippen LogP contribution is -2.01. The predicted octanol–water partition coefficient (Wildman–Crippen LogP) is 3.97. The summed E-state index contributed by atoms with van der Waals surface area (Å²) in [5.74, 6) is -0.0872. The average molecular weight is 282 g/mol. The third kappa shape index (κ3) is 2.97. The van der Waals surface area contributed by atoms with E-state index in [1.807, 2.05) is 0 Å². The number of hydrogen-bond donors (Lipinski definition) is 0. The summed E-state index contributed by atoms with van der Waals surface area (Å²) < 4.78 is 0.821. The minimum absolute atomic E-state index is 0.0872. The Morgan fingerprint density at radius 3 is 2.54 bits per heavy atom. The molecule has 0 spiro atoms. The van der Waals surface area contributed by atoms with Crippen LogP contribution in [-0.2, 0) is 4.79 Å². The topological polar surface area (TPSA) is 17.1 Å². The van der Waals surface area contributed by atoms with Gasteiger partial charge >= 0.3 is 0 Å². The van der Waals surface area contributed by atoms with Crippen molar-refractivity contribution in [1.29, 1.82) is 0 Å². The normalized spacial score (nSPS) is 12.6. The Hall–Kier alpha value is -0.0500. The van der Waals surface area contributed by atoms with Crippen LogP contribution in [0.3, 0.4) is 0 Å². The molecular formula is C9H7BrCl2O. The van der Waals surface area contributed by atoms with Crippen LogP contribution in [0.15, 0.2) is 22.7 Å². The summed E-state index contributed by atoms with van der Waals surface area (Å²) in [5, 5.41) is -0.0497. The van der Waals surface area contributed by atoms with Gasteiger partial charge in [-0.2, -0.15) is 0 Å². The number of hydrogen-bond acceptors (Lipinski definition) is 1. The fourth-order valence-corrected chi connectivity index (χ4v) is 1.97. The van der Waals surface area contributed by atoms with Crippen molar-refractivity contribution in [3.63, 3.8) is 0 Å². The highest BCUT2D eigenvalue weighted by Crippen LogP contribution is 2.27. The van der Waals surface area contributed by atoms with E-state index in [0.29, 0.717) is 10.6 Å². The molecule has 1 aromatic rings. The Bertz CT molecular complexity index is 318. The van der Waals surface area contributed by atoms with Crippen molar-refractivity contribution in [2.24, 2.45) is 0 Å². The summed E-state index contributed by atoms with van der Waals surface area (Å²) in [6.45, 7) is 1.45. The van der Waals surface area contributed by atoms with Gasteiger partial charge in [-0.1, -0.05) is 27.5 Å². The molecule has 1 rings (SSSR count). The fraction of sp³-hybridized carbons (Fsp3) is 0.222. The van der Waals surface area contributed by atoms with Crippen LogP contribution in [0.1, 0.15) is 17.9 Å². The number of rotatable bonds is 2. The molecule has 0 aliphatic carbocycles. The molecule has 1 atom stereocenters. The minimum Gasteiger partial charge on any atom is -0.298 e. The largest absolute Gasteiger partial charge is 0.298 e. The summed E-state index contributed by atoms with van der Waals surface area (Å²) in [4.78, 5) is 11.0. The Labute approximate surface area is 95.2 Å². The molecule has 0 aliphatic heterocycles. The summed E-state index contributed by atoms with van der Waals surface area (Å²) >= 11 is 14.9. The van der Waals surface area contributed by atoms with Crippen molar-refractivity contribution in [3.8, 4) is 0 Å². The van der Waals surface area contributed by atoms with Crippen molar-refractivity contribution < 1.29 is 4.79 Å². The zero-order valence-corrected chi connectivity index (χ0v) is 9.95. The first-order valence-electron chi connectivity index (χ1n) is 3.61. The third-order valence-corrected chi connectivity index (χ3v) is 2.77. The maximum Gasteiger partial charge on any atom is 0.152 e. The van der Waals surface area contributed by atoms with Crippen LogP contribution >= 0.6 is 39.1 Å². The number of carbonyl (C=O) groups excluding carboxylic acids is 1. The van der Waals surface area contributed by atoms with E-state index < -0.39 is 5.38 Å². The highest BCUT2D eigenvalue weighted by Gasteiger charge is 2.13. The van der Waals surface area contributed by atoms with E-state index in [1.165, 1.54) is 6.92 Å². The monoisotopic (exact) mass is 280 g/mol. The number of halogens is 3. The van der Waals surface area contributed by atoms with Crippen LogP contribution in [0.2, 0.25) is 5.02 Å². The first kappa shape index (κ1) is 11.0. The molecule has 0 N–H and O–H groups in total. The molecule has 70 valence electrons. The molecule has 0 aliphatic rings. The summed E-state index contributed by atoms with van der Waals surface area (Å²) in [7, 11) is 0. The molecule has 0 saturated heterocycles. The number of Topliss-reactive ketones (excluding diaryl/α,β-unsaturated/α-hetero) is 1. The molecule has 0 fully saturated rings. The molecule has 0 saturated carbocycles. The van der Waals surface area contributed by atoms with Gasteiger partial charge in [0.25, 0.3) is 0 Å². The molecule has 0 radical (unpaired) electrons. The quantitative estimate of drug-likeness (QED) is 0.750. The van der Waals surface area contributed by atoms with Crippen LogP contribution < -0.4 is 0 Å². The van der Waals surface area contributed by atoms with Crippen LogP contribution in [0.25, 0.3) is 0 Å². The van der Waals surface area contributed by atoms with Crippen molar-refractivity contribution >= 4 is 44.9 Å². The molecule has 13 heavy (non-hydrogen) atoms. The zero-order chi connectivity index (χ0) is 10.0. The van der Waals surface area contributed by atoms with Gasteiger partial charge in [-0.25, -0.2) is 0 Å². The molecule has 0 bridgehead atoms. The van der Waals surface area contributed by atoms with Gasteiger partial charge in [-0.3, -0.25) is 4.79 Å². The van der Waals surface area contributed by atoms with E-state index >= 15 is 0 Å². The molecule has 4 heteroatoms. The van der Waals surface area contributed by atoms with Crippen LogP contribution in [0.5, 0.6) is 0 Å². The van der Waals surface area contributed by atoms with E-state index in [9.17, 15) is 4.79 Å². The molecular weight excluding hydrogens is 275 g/mol. The minimum atomic E-state index is -0.616. The van der Waals surface area contributed by atoms with Crippen LogP contribution in [0.4, 0.5) is 0 Å². The zero-order valence-electron chi connectivity index (χ0n) is 6.85. The molecule has 0 aromatic heterocycles. The Kier molecular flexibility index (Phi) is 3.77. The van der Waals surface area contributed by atoms with Crippen molar-refractivity contribution in [3.05, 3.63) is 33.3 Å². The lowest BCUT2D eigenvalue weighted by Gasteiger charge is -2.06. The van der Waals surface area contributed by atoms with Gasteiger partial charge in [-0.15, -0.1) is 11.6 Å². The van der Waals surface area contributed by atoms with Crippen molar-refractivity contribution in [2.75, 3.05) is 0 Å². The fourth-order valence-electron chi connectivity index (χ4n) is 0.956. The predicted molar refractivity (Wildman–Crippen MR) is 58.4 cm³/mol. The van der Waals surface area contributed by atoms with Gasteiger partial charge in [0.05, 0.1) is 0 Å². The highest BCUT2D eigenvalue weighted by molar-refractivity contribution is 9.10. The lowest BCUT2D eigenvalue weighted by molar-refractivity contribution is -0.116. The number of carbonyl (C=O) groups is 1. The van der Waals surface area contributed by atoms with E-state index in [4.69, 9.17) is 23.2 Å². The smallest absolute Gasteiger partial charge is 0.152 e. The highest BCUT2D eigenvalue weighted by atomic mass is 79.9. The average Bonchev–Trinajstić information content (AvgIpc) is 2.01. The van der Waals surface area contributed by atoms with Gasteiger partial charge < -0.3 is 0 Å². The van der Waals surface area contributed by atoms with Gasteiger partial charge in [0.15, 0.2) is 5.78 Å². The van der Waals surface area contributed by atoms with Crippen molar-refractivity contribution in [2.45, 2.75) is 12.3 Å². The van der Waals surface area contributed by atoms with E-state index in [-0.39, 0.29) is 5.78 Å². The maximum absolute atomic E-state index is 11.0. The SMILES string of the molecule is CC(=O)C(Cl)c1cc(Cl)cc(Br)c1. The summed E-state index contributed by atoms with van der Waals surface area (Å²) in [6.07, 6.45) is 0. The maximum atomic E-state index is 11.0. The first-order valence-corrected chi connectivity index (χ1v) is 5.22. The molecule has 0 heterocycles.